The van der Waals surface area contributed by atoms with Crippen molar-refractivity contribution in [1.29, 1.82) is 0 Å². The monoisotopic (exact) mass is 280 g/mol. The minimum Gasteiger partial charge on any atom is -0.606 e. The first-order valence-corrected chi connectivity index (χ1v) is 8.00. The van der Waals surface area contributed by atoms with E-state index in [4.69, 9.17) is 10.7 Å². The van der Waals surface area contributed by atoms with Gasteiger partial charge in [-0.15, -0.1) is 0 Å². The smallest absolute Gasteiger partial charge is 0.162 e. The minimum absolute atomic E-state index is 0.836. The zero-order valence-electron chi connectivity index (χ0n) is 8.85. The summed E-state index contributed by atoms with van der Waals surface area (Å²) in [6, 6.07) is 13.8. The van der Waals surface area contributed by atoms with Crippen molar-refractivity contribution in [2.45, 2.75) is 21.1 Å². The molecule has 0 fully saturated rings. The van der Waals surface area contributed by atoms with Gasteiger partial charge in [0, 0.05) is 33.6 Å². The van der Waals surface area contributed by atoms with Crippen molar-refractivity contribution in [2.75, 3.05) is 0 Å². The largest absolute Gasteiger partial charge is 0.606 e. The van der Waals surface area contributed by atoms with Crippen LogP contribution >= 0.6 is 21.7 Å². The molecule has 1 nitrogen and oxygen atoms in total. The van der Waals surface area contributed by atoms with Gasteiger partial charge in [-0.3, -0.25) is 0 Å². The number of benzene rings is 2. The van der Waals surface area contributed by atoms with E-state index in [0.717, 1.165) is 32.2 Å². The van der Waals surface area contributed by atoms with Gasteiger partial charge >= 0.3 is 0 Å². The van der Waals surface area contributed by atoms with Gasteiger partial charge in [0.15, 0.2) is 9.79 Å². The second kappa shape index (κ2) is 4.58. The van der Waals surface area contributed by atoms with Gasteiger partial charge in [0.05, 0.1) is 0 Å². The highest BCUT2D eigenvalue weighted by Gasteiger charge is 2.27. The molecule has 17 heavy (non-hydrogen) atoms. The number of rotatable bonds is 1. The van der Waals surface area contributed by atoms with Gasteiger partial charge in [-0.1, -0.05) is 18.2 Å². The van der Waals surface area contributed by atoms with Crippen LogP contribution in [0.4, 0.5) is 0 Å². The summed E-state index contributed by atoms with van der Waals surface area (Å²) < 4.78 is 12.4. The second-order valence-electron chi connectivity index (χ2n) is 3.90. The molecule has 0 saturated carbocycles. The summed E-state index contributed by atoms with van der Waals surface area (Å²) >= 11 is -1.05. The van der Waals surface area contributed by atoms with Gasteiger partial charge in [0.25, 0.3) is 0 Å². The molecular weight excluding hydrogens is 272 g/mol. The third kappa shape index (κ3) is 1.97. The van der Waals surface area contributed by atoms with Crippen LogP contribution in [0.1, 0.15) is 11.1 Å². The van der Waals surface area contributed by atoms with Gasteiger partial charge in [0.2, 0.25) is 0 Å². The van der Waals surface area contributed by atoms with Crippen molar-refractivity contribution in [1.82, 2.24) is 0 Å². The fourth-order valence-electron chi connectivity index (χ4n) is 2.08. The van der Waals surface area contributed by atoms with E-state index in [2.05, 4.69) is 0 Å². The Hall–Kier alpha value is -0.610. The molecule has 0 amide bonds. The van der Waals surface area contributed by atoms with E-state index >= 15 is 0 Å². The molecule has 0 aromatic heterocycles. The number of fused-ring (bicyclic) bond motifs is 2. The van der Waals surface area contributed by atoms with Crippen molar-refractivity contribution in [3.63, 3.8) is 0 Å². The molecule has 1 aliphatic heterocycles. The molecule has 4 heteroatoms. The molecule has 0 N–H and O–H groups in total. The first kappa shape index (κ1) is 11.5. The molecule has 1 aliphatic rings. The normalized spacial score (nSPS) is 17.4. The van der Waals surface area contributed by atoms with Gasteiger partial charge in [-0.05, 0) is 45.9 Å². The van der Waals surface area contributed by atoms with Crippen molar-refractivity contribution < 1.29 is 4.55 Å². The molecule has 2 aromatic carbocycles. The molecule has 0 bridgehead atoms. The predicted molar refractivity (Wildman–Crippen MR) is 72.1 cm³/mol. The van der Waals surface area contributed by atoms with Crippen molar-refractivity contribution in [3.05, 3.63) is 53.6 Å². The van der Waals surface area contributed by atoms with Gasteiger partial charge in [0.1, 0.15) is 0 Å². The van der Waals surface area contributed by atoms with Crippen LogP contribution in [0, 0.1) is 0 Å². The Morgan fingerprint density at radius 3 is 2.65 bits per heavy atom. The first-order chi connectivity index (χ1) is 8.29. The van der Waals surface area contributed by atoms with Crippen molar-refractivity contribution in [2.24, 2.45) is 0 Å². The molecule has 1 heterocycles. The number of hydrogen-bond donors (Lipinski definition) is 0. The molecule has 1 unspecified atom stereocenters. The molecule has 1 atom stereocenters. The van der Waals surface area contributed by atoms with E-state index in [1.807, 2.05) is 42.5 Å². The molecule has 2 aromatic rings. The van der Waals surface area contributed by atoms with Crippen molar-refractivity contribution >= 4 is 32.8 Å². The third-order valence-corrected chi connectivity index (χ3v) is 5.44. The molecule has 0 spiro atoms. The van der Waals surface area contributed by atoms with Crippen LogP contribution in [-0.4, -0.2) is 4.55 Å². The highest BCUT2D eigenvalue weighted by Crippen LogP contribution is 2.36. The van der Waals surface area contributed by atoms with Crippen molar-refractivity contribution in [3.8, 4) is 0 Å². The van der Waals surface area contributed by atoms with Gasteiger partial charge in [-0.2, -0.15) is 0 Å². The van der Waals surface area contributed by atoms with Crippen LogP contribution in [0.5, 0.6) is 0 Å². The maximum atomic E-state index is 12.4. The topological polar surface area (TPSA) is 23.1 Å². The summed E-state index contributed by atoms with van der Waals surface area (Å²) in [6.07, 6.45) is 0.836. The summed E-state index contributed by atoms with van der Waals surface area (Å²) in [4.78, 5) is 2.85. The van der Waals surface area contributed by atoms with Crippen LogP contribution in [0.25, 0.3) is 0 Å². The Morgan fingerprint density at radius 1 is 1.06 bits per heavy atom. The first-order valence-electron chi connectivity index (χ1n) is 5.21. The SMILES string of the molecule is [O-][S+]1c2ccccc2Cc2cc(SCl)ccc21. The molecule has 0 aliphatic carbocycles. The highest BCUT2D eigenvalue weighted by molar-refractivity contribution is 8.21. The van der Waals surface area contributed by atoms with Crippen LogP contribution in [0.3, 0.4) is 0 Å². The van der Waals surface area contributed by atoms with E-state index in [0.29, 0.717) is 0 Å². The summed E-state index contributed by atoms with van der Waals surface area (Å²) in [5.41, 5.74) is 2.27. The minimum atomic E-state index is -1.05. The quantitative estimate of drug-likeness (QED) is 0.737. The Kier molecular flexibility index (Phi) is 3.09. The van der Waals surface area contributed by atoms with Crippen LogP contribution < -0.4 is 0 Å². The Morgan fingerprint density at radius 2 is 1.82 bits per heavy atom. The Balaban J connectivity index is 2.12. The number of hydrogen-bond acceptors (Lipinski definition) is 2. The summed E-state index contributed by atoms with van der Waals surface area (Å²) in [7, 11) is 6.94. The van der Waals surface area contributed by atoms with Gasteiger partial charge in [-0.25, -0.2) is 0 Å². The molecule has 86 valence electrons. The fraction of sp³-hybridized carbons (Fsp3) is 0.0769. The maximum absolute atomic E-state index is 12.4. The van der Waals surface area contributed by atoms with Crippen LogP contribution in [0.15, 0.2) is 57.2 Å². The van der Waals surface area contributed by atoms with E-state index in [-0.39, 0.29) is 0 Å². The highest BCUT2D eigenvalue weighted by atomic mass is 35.7. The average Bonchev–Trinajstić information content (AvgIpc) is 2.38. The Labute approximate surface area is 112 Å². The van der Waals surface area contributed by atoms with E-state index in [1.54, 1.807) is 0 Å². The second-order valence-corrected chi connectivity index (χ2v) is 6.41. The summed E-state index contributed by atoms with van der Waals surface area (Å²) in [5.74, 6) is 0. The fourth-order valence-corrected chi connectivity index (χ4v) is 4.05. The summed E-state index contributed by atoms with van der Waals surface area (Å²) in [5, 5.41) is 0. The third-order valence-electron chi connectivity index (χ3n) is 2.87. The van der Waals surface area contributed by atoms with Gasteiger partial charge < -0.3 is 4.55 Å². The van der Waals surface area contributed by atoms with Crippen LogP contribution in [0.2, 0.25) is 0 Å². The summed E-state index contributed by atoms with van der Waals surface area (Å²) in [6.45, 7) is 0. The lowest BCUT2D eigenvalue weighted by Gasteiger charge is -2.21. The lowest BCUT2D eigenvalue weighted by molar-refractivity contribution is 0.590. The average molecular weight is 281 g/mol. The molecule has 0 radical (unpaired) electrons. The molecular formula is C13H9ClOS2. The maximum Gasteiger partial charge on any atom is 0.162 e. The predicted octanol–water partition coefficient (Wildman–Crippen LogP) is 4.00. The standard InChI is InChI=1S/C13H9ClOS2/c14-16-11-5-6-13-10(8-11)7-9-3-1-2-4-12(9)17(13)15/h1-6,8H,7H2. The lowest BCUT2D eigenvalue weighted by Crippen LogP contribution is -2.14. The molecule has 0 saturated heterocycles. The number of halogens is 1. The van der Waals surface area contributed by atoms with E-state index < -0.39 is 11.2 Å². The van der Waals surface area contributed by atoms with E-state index in [9.17, 15) is 4.55 Å². The lowest BCUT2D eigenvalue weighted by atomic mass is 10.0. The zero-order chi connectivity index (χ0) is 11.8. The Bertz CT molecular complexity index is 571. The molecule has 3 rings (SSSR count). The van der Waals surface area contributed by atoms with Crippen LogP contribution in [-0.2, 0) is 17.6 Å². The van der Waals surface area contributed by atoms with E-state index in [1.165, 1.54) is 11.0 Å². The zero-order valence-corrected chi connectivity index (χ0v) is 11.2.